The Hall–Kier alpha value is -0.0800. The molecule has 1 N–H and O–H groups in total. The van der Waals surface area contributed by atoms with Gasteiger partial charge in [-0.1, -0.05) is 52.9 Å². The van der Waals surface area contributed by atoms with Crippen molar-refractivity contribution in [1.82, 2.24) is 0 Å². The summed E-state index contributed by atoms with van der Waals surface area (Å²) in [6, 6.07) is 0. The fourth-order valence-corrected chi connectivity index (χ4v) is 3.22. The van der Waals surface area contributed by atoms with E-state index >= 15 is 0 Å². The number of hydrogen-bond donors (Lipinski definition) is 1. The van der Waals surface area contributed by atoms with E-state index < -0.39 is 0 Å². The van der Waals surface area contributed by atoms with Gasteiger partial charge in [-0.25, -0.2) is 0 Å². The highest BCUT2D eigenvalue weighted by Gasteiger charge is 2.24. The second kappa shape index (κ2) is 8.16. The molecule has 0 aromatic heterocycles. The van der Waals surface area contributed by atoms with Crippen LogP contribution in [0.2, 0.25) is 0 Å². The van der Waals surface area contributed by atoms with Crippen LogP contribution in [0.5, 0.6) is 0 Å². The highest BCUT2D eigenvalue weighted by Crippen LogP contribution is 2.31. The molecule has 0 spiro atoms. The van der Waals surface area contributed by atoms with Crippen molar-refractivity contribution in [3.63, 3.8) is 0 Å². The average molecular weight is 256 g/mol. The molecule has 0 aromatic carbocycles. The summed E-state index contributed by atoms with van der Waals surface area (Å²) in [5.74, 6) is 1.74. The van der Waals surface area contributed by atoms with Crippen LogP contribution in [0.3, 0.4) is 0 Å². The summed E-state index contributed by atoms with van der Waals surface area (Å²) in [6.07, 6.45) is 8.88. The number of ether oxygens (including phenoxy) is 1. The van der Waals surface area contributed by atoms with Crippen LogP contribution in [0.15, 0.2) is 0 Å². The molecule has 0 radical (unpaired) electrons. The van der Waals surface area contributed by atoms with Gasteiger partial charge in [-0.05, 0) is 30.6 Å². The number of aliphatic hydroxyl groups is 1. The molecular weight excluding hydrogens is 224 g/mol. The fourth-order valence-electron chi connectivity index (χ4n) is 3.22. The summed E-state index contributed by atoms with van der Waals surface area (Å²) in [7, 11) is 1.75. The zero-order valence-corrected chi connectivity index (χ0v) is 12.7. The molecule has 3 atom stereocenters. The van der Waals surface area contributed by atoms with Crippen molar-refractivity contribution in [1.29, 1.82) is 0 Å². The Balaban J connectivity index is 2.32. The molecule has 0 aromatic rings. The lowest BCUT2D eigenvalue weighted by molar-refractivity contribution is -0.00334. The van der Waals surface area contributed by atoms with E-state index in [-0.39, 0.29) is 12.2 Å². The molecule has 1 aliphatic rings. The van der Waals surface area contributed by atoms with Crippen LogP contribution in [-0.2, 0) is 4.74 Å². The number of aliphatic hydroxyl groups excluding tert-OH is 1. The molecule has 1 unspecified atom stereocenters. The zero-order valence-electron chi connectivity index (χ0n) is 12.7. The molecule has 2 heteroatoms. The fraction of sp³-hybridized carbons (Fsp3) is 1.00. The van der Waals surface area contributed by atoms with Crippen molar-refractivity contribution in [2.45, 2.75) is 77.9 Å². The summed E-state index contributed by atoms with van der Waals surface area (Å²) >= 11 is 0. The summed E-state index contributed by atoms with van der Waals surface area (Å²) < 4.78 is 5.46. The molecule has 1 aliphatic carbocycles. The molecular formula is C16H32O2. The Labute approximate surface area is 113 Å². The van der Waals surface area contributed by atoms with Gasteiger partial charge in [-0.15, -0.1) is 0 Å². The first-order valence-corrected chi connectivity index (χ1v) is 7.75. The van der Waals surface area contributed by atoms with Crippen LogP contribution < -0.4 is 0 Å². The van der Waals surface area contributed by atoms with Gasteiger partial charge in [0.1, 0.15) is 0 Å². The van der Waals surface area contributed by atoms with Crippen molar-refractivity contribution in [2.75, 3.05) is 7.11 Å². The van der Waals surface area contributed by atoms with Crippen molar-refractivity contribution in [2.24, 2.45) is 17.8 Å². The minimum Gasteiger partial charge on any atom is -0.393 e. The number of methoxy groups -OCH3 is 1. The lowest BCUT2D eigenvalue weighted by atomic mass is 9.80. The van der Waals surface area contributed by atoms with Gasteiger partial charge in [-0.3, -0.25) is 0 Å². The minimum absolute atomic E-state index is 0.189. The third kappa shape index (κ3) is 5.27. The predicted octanol–water partition coefficient (Wildman–Crippen LogP) is 4.01. The maximum atomic E-state index is 10.3. The second-order valence-electron chi connectivity index (χ2n) is 6.54. The first kappa shape index (κ1) is 16.0. The molecule has 0 bridgehead atoms. The number of hydrogen-bond acceptors (Lipinski definition) is 2. The first-order chi connectivity index (χ1) is 8.54. The third-order valence-electron chi connectivity index (χ3n) is 4.61. The Bertz CT molecular complexity index is 209. The quantitative estimate of drug-likeness (QED) is 0.745. The predicted molar refractivity (Wildman–Crippen MR) is 76.6 cm³/mol. The highest BCUT2D eigenvalue weighted by atomic mass is 16.5. The van der Waals surface area contributed by atoms with E-state index in [4.69, 9.17) is 4.74 Å². The highest BCUT2D eigenvalue weighted by molar-refractivity contribution is 4.76. The molecule has 0 saturated heterocycles. The second-order valence-corrected chi connectivity index (χ2v) is 6.54. The Morgan fingerprint density at radius 2 is 1.72 bits per heavy atom. The van der Waals surface area contributed by atoms with E-state index in [2.05, 4.69) is 20.8 Å². The molecule has 0 heterocycles. The van der Waals surface area contributed by atoms with Gasteiger partial charge >= 0.3 is 0 Å². The maximum Gasteiger partial charge on any atom is 0.0618 e. The minimum atomic E-state index is -0.209. The molecule has 1 rings (SSSR count). The lowest BCUT2D eigenvalue weighted by Gasteiger charge is -2.29. The third-order valence-corrected chi connectivity index (χ3v) is 4.61. The lowest BCUT2D eigenvalue weighted by Crippen LogP contribution is -2.29. The van der Waals surface area contributed by atoms with Crippen LogP contribution in [0, 0.1) is 17.8 Å². The van der Waals surface area contributed by atoms with Gasteiger partial charge in [0.2, 0.25) is 0 Å². The SMILES string of the molecule is CO[C@@H](C[C@H](O)C(C)CC1CCCCC1)C(C)C. The van der Waals surface area contributed by atoms with Crippen molar-refractivity contribution < 1.29 is 9.84 Å². The largest absolute Gasteiger partial charge is 0.393 e. The monoisotopic (exact) mass is 256 g/mol. The van der Waals surface area contributed by atoms with Crippen LogP contribution in [0.25, 0.3) is 0 Å². The average Bonchev–Trinajstić information content (AvgIpc) is 2.36. The van der Waals surface area contributed by atoms with E-state index in [0.717, 1.165) is 12.3 Å². The van der Waals surface area contributed by atoms with Gasteiger partial charge in [0, 0.05) is 7.11 Å². The van der Waals surface area contributed by atoms with Gasteiger partial charge in [0.05, 0.1) is 12.2 Å². The van der Waals surface area contributed by atoms with Crippen LogP contribution in [-0.4, -0.2) is 24.4 Å². The Morgan fingerprint density at radius 1 is 1.11 bits per heavy atom. The van der Waals surface area contributed by atoms with Gasteiger partial charge < -0.3 is 9.84 Å². The zero-order chi connectivity index (χ0) is 13.5. The van der Waals surface area contributed by atoms with Gasteiger partial charge in [0.15, 0.2) is 0 Å². The van der Waals surface area contributed by atoms with E-state index in [1.165, 1.54) is 38.5 Å². The molecule has 1 fully saturated rings. The van der Waals surface area contributed by atoms with E-state index in [1.54, 1.807) is 7.11 Å². The summed E-state index contributed by atoms with van der Waals surface area (Å²) in [6.45, 7) is 6.52. The standard InChI is InChI=1S/C16H32O2/c1-12(2)16(18-4)11-15(17)13(3)10-14-8-6-5-7-9-14/h12-17H,5-11H2,1-4H3/t13?,15-,16-/m0/s1. The van der Waals surface area contributed by atoms with Crippen molar-refractivity contribution >= 4 is 0 Å². The number of rotatable bonds is 7. The Kier molecular flexibility index (Phi) is 7.25. The van der Waals surface area contributed by atoms with Crippen LogP contribution >= 0.6 is 0 Å². The maximum absolute atomic E-state index is 10.3. The molecule has 0 amide bonds. The molecule has 2 nitrogen and oxygen atoms in total. The van der Waals surface area contributed by atoms with E-state index in [0.29, 0.717) is 11.8 Å². The van der Waals surface area contributed by atoms with Crippen molar-refractivity contribution in [3.05, 3.63) is 0 Å². The van der Waals surface area contributed by atoms with Crippen LogP contribution in [0.1, 0.15) is 65.7 Å². The van der Waals surface area contributed by atoms with Gasteiger partial charge in [0.25, 0.3) is 0 Å². The molecule has 0 aliphatic heterocycles. The topological polar surface area (TPSA) is 29.5 Å². The molecule has 1 saturated carbocycles. The van der Waals surface area contributed by atoms with E-state index in [1.807, 2.05) is 0 Å². The molecule has 18 heavy (non-hydrogen) atoms. The smallest absolute Gasteiger partial charge is 0.0618 e. The van der Waals surface area contributed by atoms with E-state index in [9.17, 15) is 5.11 Å². The normalized spacial score (nSPS) is 23.0. The van der Waals surface area contributed by atoms with Crippen molar-refractivity contribution in [3.8, 4) is 0 Å². The first-order valence-electron chi connectivity index (χ1n) is 7.75. The summed E-state index contributed by atoms with van der Waals surface area (Å²) in [4.78, 5) is 0. The van der Waals surface area contributed by atoms with Gasteiger partial charge in [-0.2, -0.15) is 0 Å². The summed E-state index contributed by atoms with van der Waals surface area (Å²) in [5, 5.41) is 10.3. The molecule has 108 valence electrons. The Morgan fingerprint density at radius 3 is 2.22 bits per heavy atom. The van der Waals surface area contributed by atoms with Crippen LogP contribution in [0.4, 0.5) is 0 Å². The summed E-state index contributed by atoms with van der Waals surface area (Å²) in [5.41, 5.74) is 0.